The predicted molar refractivity (Wildman–Crippen MR) is 108 cm³/mol. The van der Waals surface area contributed by atoms with Gasteiger partial charge in [0.25, 0.3) is 0 Å². The first-order chi connectivity index (χ1) is 14.1. The van der Waals surface area contributed by atoms with Crippen LogP contribution in [0.3, 0.4) is 0 Å². The van der Waals surface area contributed by atoms with Crippen LogP contribution in [-0.4, -0.2) is 30.5 Å². The van der Waals surface area contributed by atoms with Gasteiger partial charge in [-0.2, -0.15) is 0 Å². The second-order valence-electron chi connectivity index (χ2n) is 6.15. The lowest BCUT2D eigenvalue weighted by atomic mass is 10.3. The molecule has 0 unspecified atom stereocenters. The van der Waals surface area contributed by atoms with E-state index in [-0.39, 0.29) is 21.3 Å². The molecule has 11 heteroatoms. The van der Waals surface area contributed by atoms with Gasteiger partial charge in [0, 0.05) is 11.6 Å². The summed E-state index contributed by atoms with van der Waals surface area (Å²) in [6, 6.07) is 11.5. The van der Waals surface area contributed by atoms with Crippen LogP contribution >= 0.6 is 11.6 Å². The molecule has 3 aromatic rings. The van der Waals surface area contributed by atoms with E-state index in [4.69, 9.17) is 20.8 Å². The molecule has 0 aliphatic carbocycles. The number of sulfone groups is 1. The SMILES string of the molecule is COc1ccc(S(=O)(=O)NC[C@@H](c2ccco2)S(=O)(=O)c2ccc(Cl)cc2)cc1F. The highest BCUT2D eigenvalue weighted by atomic mass is 35.5. The third-order valence-corrected chi connectivity index (χ3v) is 8.02. The molecule has 1 N–H and O–H groups in total. The molecule has 0 aliphatic rings. The van der Waals surface area contributed by atoms with Crippen LogP contribution in [0.4, 0.5) is 4.39 Å². The molecule has 3 rings (SSSR count). The number of nitrogens with one attached hydrogen (secondary N) is 1. The number of methoxy groups -OCH3 is 1. The van der Waals surface area contributed by atoms with Crippen LogP contribution in [0.25, 0.3) is 0 Å². The number of rotatable bonds is 8. The summed E-state index contributed by atoms with van der Waals surface area (Å²) >= 11 is 5.82. The monoisotopic (exact) mass is 473 g/mol. The van der Waals surface area contributed by atoms with Gasteiger partial charge in [0.15, 0.2) is 21.4 Å². The summed E-state index contributed by atoms with van der Waals surface area (Å²) in [5.41, 5.74) is 0. The number of hydrogen-bond acceptors (Lipinski definition) is 6. The smallest absolute Gasteiger partial charge is 0.240 e. The molecule has 0 bridgehead atoms. The second-order valence-corrected chi connectivity index (χ2v) is 10.5. The summed E-state index contributed by atoms with van der Waals surface area (Å²) < 4.78 is 77.6. The van der Waals surface area contributed by atoms with Crippen LogP contribution in [-0.2, 0) is 19.9 Å². The maximum atomic E-state index is 13.9. The van der Waals surface area contributed by atoms with Gasteiger partial charge in [0.2, 0.25) is 10.0 Å². The van der Waals surface area contributed by atoms with Gasteiger partial charge in [0.05, 0.1) is 23.2 Å². The molecule has 1 aromatic heterocycles. The van der Waals surface area contributed by atoms with Crippen molar-refractivity contribution in [2.24, 2.45) is 0 Å². The van der Waals surface area contributed by atoms with Crippen molar-refractivity contribution in [3.63, 3.8) is 0 Å². The molecule has 0 spiro atoms. The maximum absolute atomic E-state index is 13.9. The van der Waals surface area contributed by atoms with Crippen molar-refractivity contribution in [2.75, 3.05) is 13.7 Å². The summed E-state index contributed by atoms with van der Waals surface area (Å²) in [5.74, 6) is -0.932. The van der Waals surface area contributed by atoms with E-state index in [0.717, 1.165) is 12.1 Å². The Labute approximate surface area is 178 Å². The lowest BCUT2D eigenvalue weighted by molar-refractivity contribution is 0.385. The van der Waals surface area contributed by atoms with Crippen molar-refractivity contribution in [2.45, 2.75) is 15.0 Å². The molecular formula is C19H17ClFNO6S2. The number of sulfonamides is 1. The molecular weight excluding hydrogens is 457 g/mol. The number of ether oxygens (including phenoxy) is 1. The van der Waals surface area contributed by atoms with Crippen molar-refractivity contribution in [1.29, 1.82) is 0 Å². The van der Waals surface area contributed by atoms with E-state index in [1.165, 1.54) is 55.8 Å². The van der Waals surface area contributed by atoms with Gasteiger partial charge < -0.3 is 9.15 Å². The Morgan fingerprint density at radius 3 is 2.30 bits per heavy atom. The average Bonchev–Trinajstić information content (AvgIpc) is 3.22. The zero-order valence-electron chi connectivity index (χ0n) is 15.6. The summed E-state index contributed by atoms with van der Waals surface area (Å²) in [6.07, 6.45) is 1.28. The Bertz CT molecular complexity index is 1230. The Morgan fingerprint density at radius 2 is 1.73 bits per heavy atom. The minimum Gasteiger partial charge on any atom is -0.494 e. The van der Waals surface area contributed by atoms with E-state index < -0.39 is 37.5 Å². The van der Waals surface area contributed by atoms with Gasteiger partial charge in [-0.3, -0.25) is 0 Å². The molecule has 2 aromatic carbocycles. The minimum atomic E-state index is -4.22. The van der Waals surface area contributed by atoms with Crippen LogP contribution in [0.15, 0.2) is 75.1 Å². The molecule has 160 valence electrons. The fourth-order valence-corrected chi connectivity index (χ4v) is 5.59. The van der Waals surface area contributed by atoms with E-state index in [1.54, 1.807) is 0 Å². The molecule has 0 fully saturated rings. The Balaban J connectivity index is 1.91. The summed E-state index contributed by atoms with van der Waals surface area (Å²) in [4.78, 5) is -0.425. The molecule has 0 saturated carbocycles. The lowest BCUT2D eigenvalue weighted by Gasteiger charge is -2.17. The molecule has 0 saturated heterocycles. The number of benzene rings is 2. The summed E-state index contributed by atoms with van der Waals surface area (Å²) in [7, 11) is -7.00. The minimum absolute atomic E-state index is 0.0496. The molecule has 0 radical (unpaired) electrons. The zero-order chi connectivity index (χ0) is 21.9. The van der Waals surface area contributed by atoms with Gasteiger partial charge in [-0.05, 0) is 54.6 Å². The molecule has 1 atom stereocenters. The fourth-order valence-electron chi connectivity index (χ4n) is 2.71. The standard InChI is InChI=1S/C19H17ClFNO6S2/c1-27-17-9-8-15(11-16(17)21)30(25,26)22-12-19(18-3-2-10-28-18)29(23,24)14-6-4-13(20)5-7-14/h2-11,19,22H,12H2,1H3/t19-/m0/s1. The fraction of sp³-hybridized carbons (Fsp3) is 0.158. The van der Waals surface area contributed by atoms with Crippen LogP contribution in [0.2, 0.25) is 5.02 Å². The third kappa shape index (κ3) is 4.67. The van der Waals surface area contributed by atoms with Gasteiger partial charge in [-0.1, -0.05) is 11.6 Å². The topological polar surface area (TPSA) is 103 Å². The van der Waals surface area contributed by atoms with Crippen molar-refractivity contribution in [3.05, 3.63) is 77.5 Å². The van der Waals surface area contributed by atoms with Gasteiger partial charge >= 0.3 is 0 Å². The highest BCUT2D eigenvalue weighted by molar-refractivity contribution is 7.92. The molecule has 30 heavy (non-hydrogen) atoms. The van der Waals surface area contributed by atoms with E-state index >= 15 is 0 Å². The number of furan rings is 1. The Kier molecular flexibility index (Phi) is 6.51. The van der Waals surface area contributed by atoms with E-state index in [0.29, 0.717) is 5.02 Å². The normalized spacial score (nSPS) is 13.2. The van der Waals surface area contributed by atoms with E-state index in [2.05, 4.69) is 4.72 Å². The molecule has 0 amide bonds. The first-order valence-corrected chi connectivity index (χ1v) is 11.9. The Morgan fingerprint density at radius 1 is 1.07 bits per heavy atom. The van der Waals surface area contributed by atoms with E-state index in [9.17, 15) is 21.2 Å². The van der Waals surface area contributed by atoms with Crippen molar-refractivity contribution >= 4 is 31.5 Å². The van der Waals surface area contributed by atoms with Crippen molar-refractivity contribution in [1.82, 2.24) is 4.72 Å². The van der Waals surface area contributed by atoms with E-state index in [1.807, 2.05) is 0 Å². The summed E-state index contributed by atoms with van der Waals surface area (Å²) in [6.45, 7) is -0.533. The lowest BCUT2D eigenvalue weighted by Crippen LogP contribution is -2.32. The summed E-state index contributed by atoms with van der Waals surface area (Å²) in [5, 5.41) is -1.00. The third-order valence-electron chi connectivity index (χ3n) is 4.27. The number of hydrogen-bond donors (Lipinski definition) is 1. The molecule has 7 nitrogen and oxygen atoms in total. The highest BCUT2D eigenvalue weighted by Crippen LogP contribution is 2.30. The van der Waals surface area contributed by atoms with Crippen molar-refractivity contribution in [3.8, 4) is 5.75 Å². The Hall–Kier alpha value is -2.40. The zero-order valence-corrected chi connectivity index (χ0v) is 18.0. The first-order valence-electron chi connectivity index (χ1n) is 8.51. The average molecular weight is 474 g/mol. The maximum Gasteiger partial charge on any atom is 0.240 e. The van der Waals surface area contributed by atoms with Crippen LogP contribution in [0, 0.1) is 5.82 Å². The largest absolute Gasteiger partial charge is 0.494 e. The van der Waals surface area contributed by atoms with Gasteiger partial charge in [-0.15, -0.1) is 0 Å². The van der Waals surface area contributed by atoms with Gasteiger partial charge in [0.1, 0.15) is 11.0 Å². The second kappa shape index (κ2) is 8.76. The van der Waals surface area contributed by atoms with Gasteiger partial charge in [-0.25, -0.2) is 25.9 Å². The molecule has 0 aliphatic heterocycles. The molecule has 1 heterocycles. The van der Waals surface area contributed by atoms with Crippen LogP contribution in [0.1, 0.15) is 11.0 Å². The number of halogens is 2. The van der Waals surface area contributed by atoms with Crippen molar-refractivity contribution < 1.29 is 30.4 Å². The predicted octanol–water partition coefficient (Wildman–Crippen LogP) is 3.57. The van der Waals surface area contributed by atoms with Crippen LogP contribution in [0.5, 0.6) is 5.75 Å². The first kappa shape index (κ1) is 22.3. The van der Waals surface area contributed by atoms with Crippen LogP contribution < -0.4 is 9.46 Å². The highest BCUT2D eigenvalue weighted by Gasteiger charge is 2.33. The quantitative estimate of drug-likeness (QED) is 0.536.